The van der Waals surface area contributed by atoms with Gasteiger partial charge in [0.05, 0.1) is 0 Å². The molecule has 19 heavy (non-hydrogen) atoms. The SMILES string of the molecule is N#CB1CCN(CCc2cccc(Cl)c2)CC1CO. The van der Waals surface area contributed by atoms with Gasteiger partial charge in [-0.2, -0.15) is 0 Å². The fraction of sp³-hybridized carbons (Fsp3) is 0.500. The van der Waals surface area contributed by atoms with Gasteiger partial charge in [-0.15, -0.1) is 0 Å². The third-order valence-corrected chi connectivity index (χ3v) is 4.06. The van der Waals surface area contributed by atoms with Crippen molar-refractivity contribution in [3.63, 3.8) is 0 Å². The third kappa shape index (κ3) is 3.97. The molecule has 0 aliphatic carbocycles. The summed E-state index contributed by atoms with van der Waals surface area (Å²) in [6.45, 7) is 2.82. The first kappa shape index (κ1) is 14.4. The number of hydrogen-bond donors (Lipinski definition) is 1. The zero-order valence-corrected chi connectivity index (χ0v) is 11.7. The van der Waals surface area contributed by atoms with Crippen molar-refractivity contribution >= 4 is 18.3 Å². The number of halogens is 1. The lowest BCUT2D eigenvalue weighted by atomic mass is 9.39. The summed E-state index contributed by atoms with van der Waals surface area (Å²) in [5, 5.41) is 19.1. The minimum absolute atomic E-state index is 0.00687. The molecule has 0 saturated carbocycles. The normalized spacial score (nSPS) is 20.3. The number of hydrogen-bond acceptors (Lipinski definition) is 3. The van der Waals surface area contributed by atoms with E-state index in [0.717, 1.165) is 37.4 Å². The molecule has 1 N–H and O–H groups in total. The fourth-order valence-electron chi connectivity index (χ4n) is 2.65. The van der Waals surface area contributed by atoms with Crippen LogP contribution in [0.3, 0.4) is 0 Å². The summed E-state index contributed by atoms with van der Waals surface area (Å²) in [6, 6.07) is 7.92. The quantitative estimate of drug-likeness (QED) is 0.857. The van der Waals surface area contributed by atoms with Crippen molar-refractivity contribution < 1.29 is 5.11 Å². The molecule has 1 aliphatic heterocycles. The van der Waals surface area contributed by atoms with E-state index < -0.39 is 0 Å². The average molecular weight is 277 g/mol. The van der Waals surface area contributed by atoms with Gasteiger partial charge in [0.1, 0.15) is 0 Å². The van der Waals surface area contributed by atoms with Gasteiger partial charge in [-0.3, -0.25) is 0 Å². The largest absolute Gasteiger partial charge is 0.397 e. The van der Waals surface area contributed by atoms with Crippen molar-refractivity contribution in [2.24, 2.45) is 0 Å². The number of nitriles is 1. The minimum Gasteiger partial charge on any atom is -0.397 e. The zero-order chi connectivity index (χ0) is 13.7. The molecule has 0 aromatic heterocycles. The molecule has 0 radical (unpaired) electrons. The van der Waals surface area contributed by atoms with Crippen LogP contribution in [0.15, 0.2) is 24.3 Å². The van der Waals surface area contributed by atoms with E-state index in [1.807, 2.05) is 18.2 Å². The monoisotopic (exact) mass is 276 g/mol. The molecule has 2 rings (SSSR count). The van der Waals surface area contributed by atoms with Gasteiger partial charge < -0.3 is 10.0 Å². The van der Waals surface area contributed by atoms with Crippen LogP contribution in [-0.4, -0.2) is 43.0 Å². The topological polar surface area (TPSA) is 47.3 Å². The van der Waals surface area contributed by atoms with E-state index in [0.29, 0.717) is 0 Å². The first-order valence-electron chi connectivity index (χ1n) is 6.70. The second kappa shape index (κ2) is 6.95. The molecular formula is C14H18BClN2O. The maximum atomic E-state index is 9.34. The third-order valence-electron chi connectivity index (χ3n) is 3.82. The predicted octanol–water partition coefficient (Wildman–Crippen LogP) is 2.12. The number of aliphatic hydroxyl groups is 1. The smallest absolute Gasteiger partial charge is 0.275 e. The van der Waals surface area contributed by atoms with Crippen molar-refractivity contribution in [3.8, 4) is 5.97 Å². The molecule has 1 saturated heterocycles. The summed E-state index contributed by atoms with van der Waals surface area (Å²) in [5.41, 5.74) is 1.23. The summed E-state index contributed by atoms with van der Waals surface area (Å²) < 4.78 is 0. The zero-order valence-electron chi connectivity index (χ0n) is 10.9. The minimum atomic E-state index is 0.00687. The van der Waals surface area contributed by atoms with Crippen LogP contribution in [0.4, 0.5) is 0 Å². The van der Waals surface area contributed by atoms with Crippen molar-refractivity contribution in [2.45, 2.75) is 18.6 Å². The molecule has 1 aromatic rings. The van der Waals surface area contributed by atoms with E-state index in [9.17, 15) is 5.11 Å². The molecular weight excluding hydrogens is 258 g/mol. The summed E-state index contributed by atoms with van der Waals surface area (Å²) in [7, 11) is 0. The summed E-state index contributed by atoms with van der Waals surface area (Å²) in [4.78, 5) is 2.33. The molecule has 0 amide bonds. The van der Waals surface area contributed by atoms with Crippen molar-refractivity contribution in [2.75, 3.05) is 26.2 Å². The van der Waals surface area contributed by atoms with E-state index in [1.165, 1.54) is 5.56 Å². The van der Waals surface area contributed by atoms with E-state index >= 15 is 0 Å². The van der Waals surface area contributed by atoms with Crippen LogP contribution in [0.25, 0.3) is 0 Å². The Morgan fingerprint density at radius 2 is 2.37 bits per heavy atom. The van der Waals surface area contributed by atoms with Crippen molar-refractivity contribution in [1.82, 2.24) is 4.90 Å². The van der Waals surface area contributed by atoms with E-state index in [2.05, 4.69) is 16.9 Å². The molecule has 5 heteroatoms. The molecule has 1 unspecified atom stereocenters. The van der Waals surface area contributed by atoms with E-state index in [4.69, 9.17) is 16.9 Å². The highest BCUT2D eigenvalue weighted by Gasteiger charge is 2.32. The van der Waals surface area contributed by atoms with E-state index in [-0.39, 0.29) is 19.1 Å². The Labute approximate surface area is 119 Å². The van der Waals surface area contributed by atoms with Gasteiger partial charge in [-0.1, -0.05) is 23.7 Å². The Morgan fingerprint density at radius 1 is 1.53 bits per heavy atom. The maximum absolute atomic E-state index is 9.34. The van der Waals surface area contributed by atoms with Gasteiger partial charge in [0.25, 0.3) is 6.71 Å². The Bertz CT molecular complexity index is 463. The van der Waals surface area contributed by atoms with Crippen molar-refractivity contribution in [3.05, 3.63) is 34.9 Å². The molecule has 1 aromatic carbocycles. The van der Waals surface area contributed by atoms with Crippen LogP contribution in [0, 0.1) is 11.2 Å². The molecule has 0 spiro atoms. The standard InChI is InChI=1S/C14H18BClN2O/c16-14-3-1-2-12(8-14)4-6-18-7-5-15(11-17)13(9-18)10-19/h1-3,8,13,19H,4-7,9-10H2. The lowest BCUT2D eigenvalue weighted by molar-refractivity contribution is 0.218. The molecule has 3 nitrogen and oxygen atoms in total. The molecule has 1 fully saturated rings. The summed E-state index contributed by atoms with van der Waals surface area (Å²) in [6.07, 6.45) is 1.81. The number of rotatable bonds is 4. The Morgan fingerprint density at radius 3 is 3.05 bits per heavy atom. The van der Waals surface area contributed by atoms with Gasteiger partial charge >= 0.3 is 0 Å². The molecule has 1 aliphatic rings. The van der Waals surface area contributed by atoms with Crippen LogP contribution in [0.2, 0.25) is 17.2 Å². The Kier molecular flexibility index (Phi) is 5.27. The van der Waals surface area contributed by atoms with Crippen LogP contribution in [0.5, 0.6) is 0 Å². The van der Waals surface area contributed by atoms with Gasteiger partial charge in [-0.05, 0) is 49.3 Å². The highest BCUT2D eigenvalue weighted by molar-refractivity contribution is 6.68. The molecule has 100 valence electrons. The van der Waals surface area contributed by atoms with Gasteiger partial charge in [-0.25, -0.2) is 5.26 Å². The lowest BCUT2D eigenvalue weighted by Crippen LogP contribution is -2.43. The second-order valence-corrected chi connectivity index (χ2v) is 5.58. The van der Waals surface area contributed by atoms with Crippen LogP contribution in [0.1, 0.15) is 5.56 Å². The Balaban J connectivity index is 1.86. The van der Waals surface area contributed by atoms with Gasteiger partial charge in [0.2, 0.25) is 0 Å². The molecule has 1 heterocycles. The lowest BCUT2D eigenvalue weighted by Gasteiger charge is -2.33. The predicted molar refractivity (Wildman–Crippen MR) is 78.6 cm³/mol. The summed E-state index contributed by atoms with van der Waals surface area (Å²) >= 11 is 5.97. The van der Waals surface area contributed by atoms with Gasteiger partial charge in [0, 0.05) is 24.1 Å². The highest BCUT2D eigenvalue weighted by atomic mass is 35.5. The first-order valence-corrected chi connectivity index (χ1v) is 7.08. The number of aliphatic hydroxyl groups excluding tert-OH is 1. The van der Waals surface area contributed by atoms with Crippen LogP contribution < -0.4 is 0 Å². The van der Waals surface area contributed by atoms with Crippen molar-refractivity contribution in [1.29, 1.82) is 5.26 Å². The maximum Gasteiger partial charge on any atom is 0.275 e. The second-order valence-electron chi connectivity index (χ2n) is 5.15. The molecule has 0 bridgehead atoms. The van der Waals surface area contributed by atoms with Crippen LogP contribution >= 0.6 is 11.6 Å². The average Bonchev–Trinajstić information content (AvgIpc) is 2.45. The fourth-order valence-corrected chi connectivity index (χ4v) is 2.86. The Hall–Kier alpha value is -1.02. The van der Waals surface area contributed by atoms with Gasteiger partial charge in [0.15, 0.2) is 0 Å². The number of nitrogens with zero attached hydrogens (tertiary/aromatic N) is 2. The summed E-state index contributed by atoms with van der Waals surface area (Å²) in [5.74, 6) is 2.40. The van der Waals surface area contributed by atoms with E-state index in [1.54, 1.807) is 0 Å². The first-order chi connectivity index (χ1) is 9.22. The van der Waals surface area contributed by atoms with Crippen LogP contribution in [-0.2, 0) is 6.42 Å². The highest BCUT2D eigenvalue weighted by Crippen LogP contribution is 2.21. The molecule has 1 atom stereocenters. The number of benzene rings is 1.